The third kappa shape index (κ3) is 3.80. The predicted octanol–water partition coefficient (Wildman–Crippen LogP) is 3.30. The molecule has 0 saturated carbocycles. The fraction of sp³-hybridized carbons (Fsp3) is 0.263. The van der Waals surface area contributed by atoms with Gasteiger partial charge in [-0.1, -0.05) is 24.3 Å². The van der Waals surface area contributed by atoms with Crippen LogP contribution in [-0.4, -0.2) is 30.2 Å². The number of para-hydroxylation sites is 1. The molecule has 0 aliphatic carbocycles. The fourth-order valence-electron chi connectivity index (χ4n) is 2.77. The summed E-state index contributed by atoms with van der Waals surface area (Å²) in [5, 5.41) is 12.3. The molecule has 25 heavy (non-hydrogen) atoms. The summed E-state index contributed by atoms with van der Waals surface area (Å²) in [6, 6.07) is 16.1. The Bertz CT molecular complexity index is 753. The zero-order valence-corrected chi connectivity index (χ0v) is 13.6. The summed E-state index contributed by atoms with van der Waals surface area (Å²) in [7, 11) is 0. The van der Waals surface area contributed by atoms with Crippen LogP contribution in [0, 0.1) is 5.41 Å². The van der Waals surface area contributed by atoms with Gasteiger partial charge in [-0.15, -0.1) is 0 Å². The van der Waals surface area contributed by atoms with Gasteiger partial charge >= 0.3 is 5.97 Å². The molecule has 1 aliphatic rings. The van der Waals surface area contributed by atoms with E-state index in [2.05, 4.69) is 5.32 Å². The van der Waals surface area contributed by atoms with Crippen LogP contribution >= 0.6 is 0 Å². The van der Waals surface area contributed by atoms with Crippen molar-refractivity contribution in [3.63, 3.8) is 0 Å². The highest BCUT2D eigenvalue weighted by molar-refractivity contribution is 6.08. The van der Waals surface area contributed by atoms with Crippen LogP contribution in [0.25, 0.3) is 0 Å². The Kier molecular flexibility index (Phi) is 5.00. The minimum absolute atomic E-state index is 0.161. The van der Waals surface area contributed by atoms with Gasteiger partial charge in [0.25, 0.3) is 0 Å². The van der Waals surface area contributed by atoms with E-state index in [0.29, 0.717) is 17.2 Å². The Morgan fingerprint density at radius 2 is 1.68 bits per heavy atom. The first-order chi connectivity index (χ1) is 12.1. The van der Waals surface area contributed by atoms with Gasteiger partial charge in [0.15, 0.2) is 5.41 Å². The van der Waals surface area contributed by atoms with E-state index >= 15 is 0 Å². The number of carbonyl (C=O) groups excluding carboxylic acids is 1. The van der Waals surface area contributed by atoms with Gasteiger partial charge in [0, 0.05) is 25.0 Å². The number of hydrogen-bond donors (Lipinski definition) is 2. The summed E-state index contributed by atoms with van der Waals surface area (Å²) < 4.78 is 10.9. The van der Waals surface area contributed by atoms with Crippen LogP contribution in [0.15, 0.2) is 54.6 Å². The first kappa shape index (κ1) is 17.0. The molecule has 2 N–H and O–H groups in total. The fourth-order valence-corrected chi connectivity index (χ4v) is 2.77. The zero-order valence-electron chi connectivity index (χ0n) is 13.6. The average Bonchev–Trinajstić information content (AvgIpc) is 2.63. The molecular formula is C19H19NO5. The lowest BCUT2D eigenvalue weighted by molar-refractivity contribution is -0.160. The summed E-state index contributed by atoms with van der Waals surface area (Å²) in [6.07, 6.45) is 0.322. The van der Waals surface area contributed by atoms with Gasteiger partial charge in [-0.3, -0.25) is 9.59 Å². The third-order valence-corrected chi connectivity index (χ3v) is 4.26. The van der Waals surface area contributed by atoms with Crippen LogP contribution in [0.3, 0.4) is 0 Å². The average molecular weight is 341 g/mol. The van der Waals surface area contributed by atoms with E-state index in [4.69, 9.17) is 9.47 Å². The van der Waals surface area contributed by atoms with Gasteiger partial charge in [0.2, 0.25) is 5.91 Å². The molecule has 2 aromatic carbocycles. The van der Waals surface area contributed by atoms with E-state index < -0.39 is 17.3 Å². The number of ether oxygens (including phenoxy) is 2. The number of amides is 1. The second kappa shape index (κ2) is 7.36. The van der Waals surface area contributed by atoms with Gasteiger partial charge in [-0.05, 0) is 37.1 Å². The number of nitrogens with one attached hydrogen (secondary N) is 1. The molecule has 1 fully saturated rings. The summed E-state index contributed by atoms with van der Waals surface area (Å²) in [5.41, 5.74) is -0.959. The lowest BCUT2D eigenvalue weighted by Gasteiger charge is -2.31. The van der Waals surface area contributed by atoms with Crippen LogP contribution in [-0.2, 0) is 14.3 Å². The number of aliphatic carboxylic acids is 1. The molecule has 0 spiro atoms. The van der Waals surface area contributed by atoms with Gasteiger partial charge < -0.3 is 19.9 Å². The monoisotopic (exact) mass is 341 g/mol. The Morgan fingerprint density at radius 3 is 2.36 bits per heavy atom. The van der Waals surface area contributed by atoms with Gasteiger partial charge in [-0.2, -0.15) is 0 Å². The smallest absolute Gasteiger partial charge is 0.319 e. The van der Waals surface area contributed by atoms with Crippen molar-refractivity contribution in [1.82, 2.24) is 0 Å². The molecule has 130 valence electrons. The summed E-state index contributed by atoms with van der Waals surface area (Å²) in [5.74, 6) is -0.414. The van der Waals surface area contributed by atoms with Gasteiger partial charge in [0.05, 0.1) is 0 Å². The lowest BCUT2D eigenvalue weighted by atomic mass is 9.79. The highest BCUT2D eigenvalue weighted by Crippen LogP contribution is 2.33. The molecule has 1 saturated heterocycles. The molecule has 2 aromatic rings. The first-order valence-electron chi connectivity index (χ1n) is 8.06. The normalized spacial score (nSPS) is 16.0. The van der Waals surface area contributed by atoms with Crippen molar-refractivity contribution >= 4 is 17.6 Å². The van der Waals surface area contributed by atoms with Crippen molar-refractivity contribution in [2.24, 2.45) is 5.41 Å². The first-order valence-corrected chi connectivity index (χ1v) is 8.06. The van der Waals surface area contributed by atoms with Crippen molar-refractivity contribution in [1.29, 1.82) is 0 Å². The summed E-state index contributed by atoms with van der Waals surface area (Å²) in [6.45, 7) is 0.522. The van der Waals surface area contributed by atoms with Crippen molar-refractivity contribution < 1.29 is 24.2 Å². The van der Waals surface area contributed by atoms with Crippen LogP contribution in [0.4, 0.5) is 5.69 Å². The van der Waals surface area contributed by atoms with Crippen molar-refractivity contribution in [3.05, 3.63) is 54.6 Å². The van der Waals surface area contributed by atoms with E-state index in [1.807, 2.05) is 30.3 Å². The molecule has 0 radical (unpaired) electrons. The Labute approximate surface area is 145 Å². The van der Waals surface area contributed by atoms with E-state index in [0.717, 1.165) is 0 Å². The van der Waals surface area contributed by atoms with Crippen LogP contribution in [0.1, 0.15) is 12.8 Å². The maximum Gasteiger partial charge on any atom is 0.319 e. The molecule has 0 atom stereocenters. The van der Waals surface area contributed by atoms with Crippen LogP contribution in [0.2, 0.25) is 0 Å². The molecule has 0 unspecified atom stereocenters. The van der Waals surface area contributed by atoms with E-state index in [1.54, 1.807) is 24.3 Å². The number of anilines is 1. The van der Waals surface area contributed by atoms with E-state index in [1.165, 1.54) is 0 Å². The standard InChI is InChI=1S/C19H19NO5/c21-17(19(18(22)23)9-11-24-12-10-19)20-14-5-4-8-16(13-14)25-15-6-2-1-3-7-15/h1-8,13H,9-12H2,(H,20,21)(H,22,23). The topological polar surface area (TPSA) is 84.9 Å². The van der Waals surface area contributed by atoms with Crippen molar-refractivity contribution in [3.8, 4) is 11.5 Å². The Balaban J connectivity index is 1.75. The number of benzene rings is 2. The molecule has 6 heteroatoms. The number of rotatable bonds is 5. The SMILES string of the molecule is O=C(O)C1(C(=O)Nc2cccc(Oc3ccccc3)c2)CCOCC1. The number of carbonyl (C=O) groups is 2. The van der Waals surface area contributed by atoms with Crippen molar-refractivity contribution in [2.75, 3.05) is 18.5 Å². The molecule has 1 amide bonds. The minimum Gasteiger partial charge on any atom is -0.480 e. The summed E-state index contributed by atoms with van der Waals surface area (Å²) in [4.78, 5) is 24.3. The predicted molar refractivity (Wildman–Crippen MR) is 91.7 cm³/mol. The van der Waals surface area contributed by atoms with Crippen LogP contribution < -0.4 is 10.1 Å². The Hall–Kier alpha value is -2.86. The molecule has 0 bridgehead atoms. The van der Waals surface area contributed by atoms with Gasteiger partial charge in [-0.25, -0.2) is 0 Å². The van der Waals surface area contributed by atoms with E-state index in [9.17, 15) is 14.7 Å². The molecular weight excluding hydrogens is 322 g/mol. The van der Waals surface area contributed by atoms with Crippen LogP contribution in [0.5, 0.6) is 11.5 Å². The van der Waals surface area contributed by atoms with Crippen molar-refractivity contribution in [2.45, 2.75) is 12.8 Å². The second-order valence-electron chi connectivity index (χ2n) is 5.90. The largest absolute Gasteiger partial charge is 0.480 e. The summed E-state index contributed by atoms with van der Waals surface area (Å²) >= 11 is 0. The number of carboxylic acids is 1. The van der Waals surface area contributed by atoms with Gasteiger partial charge in [0.1, 0.15) is 11.5 Å². The maximum atomic E-state index is 12.6. The minimum atomic E-state index is -1.45. The highest BCUT2D eigenvalue weighted by atomic mass is 16.5. The molecule has 3 rings (SSSR count). The van der Waals surface area contributed by atoms with E-state index in [-0.39, 0.29) is 26.1 Å². The zero-order chi connectivity index (χ0) is 17.7. The molecule has 6 nitrogen and oxygen atoms in total. The molecule has 0 aromatic heterocycles. The maximum absolute atomic E-state index is 12.6. The highest BCUT2D eigenvalue weighted by Gasteiger charge is 2.47. The molecule has 1 heterocycles. The quantitative estimate of drug-likeness (QED) is 0.815. The third-order valence-electron chi connectivity index (χ3n) is 4.26. The Morgan fingerprint density at radius 1 is 1.00 bits per heavy atom. The number of hydrogen-bond acceptors (Lipinski definition) is 4. The second-order valence-corrected chi connectivity index (χ2v) is 5.90. The molecule has 1 aliphatic heterocycles. The number of carboxylic acid groups (broad SMARTS) is 1. The lowest BCUT2D eigenvalue weighted by Crippen LogP contribution is -2.47.